The average Bonchev–Trinajstić information content (AvgIpc) is 2.85. The number of furan rings is 1. The van der Waals surface area contributed by atoms with Crippen molar-refractivity contribution in [1.29, 1.82) is 0 Å². The minimum Gasteiger partial charge on any atom is -0.467 e. The summed E-state index contributed by atoms with van der Waals surface area (Å²) in [4.78, 5) is 12.0. The van der Waals surface area contributed by atoms with Gasteiger partial charge in [0.2, 0.25) is 0 Å². The zero-order valence-electron chi connectivity index (χ0n) is 9.81. The molecular formula is C13H13ClN2O2. The Bertz CT molecular complexity index is 552. The van der Waals surface area contributed by atoms with Crippen molar-refractivity contribution in [2.24, 2.45) is 0 Å². The van der Waals surface area contributed by atoms with Gasteiger partial charge in [0.05, 0.1) is 22.9 Å². The smallest absolute Gasteiger partial charge is 0.253 e. The van der Waals surface area contributed by atoms with E-state index in [4.69, 9.17) is 21.8 Å². The topological polar surface area (TPSA) is 68.3 Å². The fourth-order valence-corrected chi connectivity index (χ4v) is 1.80. The Morgan fingerprint density at radius 3 is 2.89 bits per heavy atom. The van der Waals surface area contributed by atoms with Crippen molar-refractivity contribution >= 4 is 23.2 Å². The number of hydrogen-bond donors (Lipinski definition) is 2. The zero-order chi connectivity index (χ0) is 13.1. The first-order valence-corrected chi connectivity index (χ1v) is 5.85. The van der Waals surface area contributed by atoms with Crippen LogP contribution in [0.15, 0.2) is 41.0 Å². The van der Waals surface area contributed by atoms with Gasteiger partial charge in [-0.15, -0.1) is 0 Å². The number of rotatable bonds is 3. The zero-order valence-corrected chi connectivity index (χ0v) is 10.6. The van der Waals surface area contributed by atoms with Gasteiger partial charge in [0.15, 0.2) is 0 Å². The van der Waals surface area contributed by atoms with Crippen LogP contribution in [0.25, 0.3) is 0 Å². The van der Waals surface area contributed by atoms with Crippen LogP contribution in [0.3, 0.4) is 0 Å². The molecule has 18 heavy (non-hydrogen) atoms. The van der Waals surface area contributed by atoms with Crippen molar-refractivity contribution in [3.05, 3.63) is 52.9 Å². The number of benzene rings is 1. The van der Waals surface area contributed by atoms with Crippen LogP contribution in [0.1, 0.15) is 29.1 Å². The van der Waals surface area contributed by atoms with Crippen molar-refractivity contribution in [3.63, 3.8) is 0 Å². The highest BCUT2D eigenvalue weighted by Crippen LogP contribution is 2.20. The lowest BCUT2D eigenvalue weighted by atomic mass is 10.1. The van der Waals surface area contributed by atoms with Crippen LogP contribution in [0, 0.1) is 0 Å². The van der Waals surface area contributed by atoms with Gasteiger partial charge in [-0.05, 0) is 37.3 Å². The van der Waals surface area contributed by atoms with Crippen LogP contribution in [0.5, 0.6) is 0 Å². The van der Waals surface area contributed by atoms with Crippen molar-refractivity contribution in [2.75, 3.05) is 5.73 Å². The minimum absolute atomic E-state index is 0.231. The number of halogens is 1. The summed E-state index contributed by atoms with van der Waals surface area (Å²) in [5.74, 6) is 0.402. The van der Waals surface area contributed by atoms with Crippen molar-refractivity contribution in [3.8, 4) is 0 Å². The molecule has 0 aliphatic heterocycles. The van der Waals surface area contributed by atoms with Gasteiger partial charge in [-0.3, -0.25) is 4.79 Å². The van der Waals surface area contributed by atoms with E-state index in [2.05, 4.69) is 5.32 Å². The van der Waals surface area contributed by atoms with Crippen molar-refractivity contribution in [2.45, 2.75) is 13.0 Å². The normalized spacial score (nSPS) is 12.1. The lowest BCUT2D eigenvalue weighted by Gasteiger charge is -2.12. The van der Waals surface area contributed by atoms with Crippen LogP contribution in [0.2, 0.25) is 5.02 Å². The molecule has 1 atom stereocenters. The van der Waals surface area contributed by atoms with Gasteiger partial charge in [-0.2, -0.15) is 0 Å². The summed E-state index contributed by atoms with van der Waals surface area (Å²) in [6.07, 6.45) is 1.56. The Morgan fingerprint density at radius 2 is 2.22 bits per heavy atom. The van der Waals surface area contributed by atoms with Gasteiger partial charge in [-0.1, -0.05) is 11.6 Å². The monoisotopic (exact) mass is 264 g/mol. The molecule has 1 aromatic carbocycles. The second-order valence-electron chi connectivity index (χ2n) is 3.95. The molecule has 1 aromatic heterocycles. The van der Waals surface area contributed by atoms with E-state index < -0.39 is 0 Å². The molecule has 1 heterocycles. The lowest BCUT2D eigenvalue weighted by Crippen LogP contribution is -2.26. The molecule has 3 N–H and O–H groups in total. The maximum atomic E-state index is 12.0. The number of hydrogen-bond acceptors (Lipinski definition) is 3. The van der Waals surface area contributed by atoms with Crippen molar-refractivity contribution < 1.29 is 9.21 Å². The lowest BCUT2D eigenvalue weighted by molar-refractivity contribution is 0.0935. The van der Waals surface area contributed by atoms with Crippen LogP contribution in [0.4, 0.5) is 5.69 Å². The summed E-state index contributed by atoms with van der Waals surface area (Å²) in [5, 5.41) is 3.16. The summed E-state index contributed by atoms with van der Waals surface area (Å²) < 4.78 is 5.21. The van der Waals surface area contributed by atoms with Crippen LogP contribution in [-0.2, 0) is 0 Å². The molecule has 0 saturated carbocycles. The van der Waals surface area contributed by atoms with Crippen LogP contribution < -0.4 is 11.1 Å². The van der Waals surface area contributed by atoms with E-state index in [0.29, 0.717) is 22.0 Å². The van der Waals surface area contributed by atoms with Gasteiger partial charge in [-0.25, -0.2) is 0 Å². The summed E-state index contributed by atoms with van der Waals surface area (Å²) in [7, 11) is 0. The Morgan fingerprint density at radius 1 is 1.44 bits per heavy atom. The largest absolute Gasteiger partial charge is 0.467 e. The van der Waals surface area contributed by atoms with E-state index in [9.17, 15) is 4.79 Å². The SMILES string of the molecule is CC(NC(=O)c1cc(N)ccc1Cl)c1ccco1. The first-order valence-electron chi connectivity index (χ1n) is 5.47. The van der Waals surface area contributed by atoms with Crippen molar-refractivity contribution in [1.82, 2.24) is 5.32 Å². The minimum atomic E-state index is -0.281. The molecule has 2 aromatic rings. The van der Waals surface area contributed by atoms with E-state index >= 15 is 0 Å². The van der Waals surface area contributed by atoms with E-state index in [1.807, 2.05) is 6.92 Å². The summed E-state index contributed by atoms with van der Waals surface area (Å²) in [6, 6.07) is 8.13. The third-order valence-electron chi connectivity index (χ3n) is 2.55. The number of nitrogens with two attached hydrogens (primary N) is 1. The Labute approximate surface area is 110 Å². The highest BCUT2D eigenvalue weighted by atomic mass is 35.5. The summed E-state index contributed by atoms with van der Waals surface area (Å²) in [6.45, 7) is 1.83. The van der Waals surface area contributed by atoms with E-state index in [0.717, 1.165) is 0 Å². The number of carbonyl (C=O) groups excluding carboxylic acids is 1. The van der Waals surface area contributed by atoms with Gasteiger partial charge in [0.1, 0.15) is 5.76 Å². The van der Waals surface area contributed by atoms with E-state index in [1.54, 1.807) is 36.6 Å². The van der Waals surface area contributed by atoms with E-state index in [-0.39, 0.29) is 11.9 Å². The number of carbonyl (C=O) groups is 1. The maximum absolute atomic E-state index is 12.0. The molecule has 5 heteroatoms. The number of nitrogens with one attached hydrogen (secondary N) is 1. The number of amides is 1. The second kappa shape index (κ2) is 5.14. The Kier molecular flexibility index (Phi) is 3.58. The highest BCUT2D eigenvalue weighted by molar-refractivity contribution is 6.34. The summed E-state index contributed by atoms with van der Waals surface area (Å²) >= 11 is 5.96. The molecule has 94 valence electrons. The maximum Gasteiger partial charge on any atom is 0.253 e. The third kappa shape index (κ3) is 2.65. The average molecular weight is 265 g/mol. The molecular weight excluding hydrogens is 252 g/mol. The van der Waals surface area contributed by atoms with Gasteiger partial charge in [0.25, 0.3) is 5.91 Å². The fourth-order valence-electron chi connectivity index (χ4n) is 1.60. The molecule has 0 spiro atoms. The third-order valence-corrected chi connectivity index (χ3v) is 2.88. The summed E-state index contributed by atoms with van der Waals surface area (Å²) in [5.41, 5.74) is 6.49. The molecule has 1 unspecified atom stereocenters. The fraction of sp³-hybridized carbons (Fsp3) is 0.154. The Balaban J connectivity index is 2.15. The van der Waals surface area contributed by atoms with Gasteiger partial charge >= 0.3 is 0 Å². The molecule has 2 rings (SSSR count). The van der Waals surface area contributed by atoms with Gasteiger partial charge < -0.3 is 15.5 Å². The molecule has 0 aliphatic rings. The molecule has 0 radical (unpaired) electrons. The molecule has 0 saturated heterocycles. The standard InChI is InChI=1S/C13H13ClN2O2/c1-8(12-3-2-6-18-12)16-13(17)10-7-9(15)4-5-11(10)14/h2-8H,15H2,1H3,(H,16,17). The van der Waals surface area contributed by atoms with E-state index in [1.165, 1.54) is 0 Å². The highest BCUT2D eigenvalue weighted by Gasteiger charge is 2.15. The number of nitrogen functional groups attached to an aromatic ring is 1. The predicted molar refractivity (Wildman–Crippen MR) is 70.5 cm³/mol. The predicted octanol–water partition coefficient (Wildman–Crippen LogP) is 3.01. The molecule has 0 aliphatic carbocycles. The number of anilines is 1. The van der Waals surface area contributed by atoms with Crippen LogP contribution >= 0.6 is 11.6 Å². The van der Waals surface area contributed by atoms with Gasteiger partial charge in [0, 0.05) is 5.69 Å². The molecule has 1 amide bonds. The quantitative estimate of drug-likeness (QED) is 0.838. The first kappa shape index (κ1) is 12.5. The molecule has 4 nitrogen and oxygen atoms in total. The molecule has 0 fully saturated rings. The van der Waals surface area contributed by atoms with Crippen LogP contribution in [-0.4, -0.2) is 5.91 Å². The first-order chi connectivity index (χ1) is 8.58. The Hall–Kier alpha value is -1.94. The molecule has 0 bridgehead atoms. The second-order valence-corrected chi connectivity index (χ2v) is 4.36.